The van der Waals surface area contributed by atoms with E-state index in [9.17, 15) is 23.3 Å². The predicted octanol–water partition coefficient (Wildman–Crippen LogP) is 3.73. The normalized spacial score (nSPS) is 11.0. The molecule has 0 aromatic heterocycles. The first-order valence-corrected chi connectivity index (χ1v) is 12.3. The summed E-state index contributed by atoms with van der Waals surface area (Å²) >= 11 is 0. The number of aryl methyl sites for hydroxylation is 1. The molecule has 3 rings (SSSR count). The second-order valence-corrected chi connectivity index (χ2v) is 9.71. The zero-order valence-electron chi connectivity index (χ0n) is 18.8. The number of nitrogens with zero attached hydrogens (tertiary/aromatic N) is 1. The Balaban J connectivity index is 1.54. The van der Waals surface area contributed by atoms with Crippen LogP contribution in [-0.2, 0) is 16.4 Å². The lowest BCUT2D eigenvalue weighted by Crippen LogP contribution is -2.28. The molecule has 0 aliphatic heterocycles. The first-order valence-electron chi connectivity index (χ1n) is 10.4. The number of carbonyl (C=O) groups is 1. The van der Waals surface area contributed by atoms with Gasteiger partial charge in [-0.25, -0.2) is 8.42 Å². The molecule has 0 unspecified atom stereocenters. The van der Waals surface area contributed by atoms with Crippen LogP contribution in [0.2, 0.25) is 0 Å². The average molecular weight is 484 g/mol. The number of rotatable bonds is 10. The Labute approximate surface area is 197 Å². The highest BCUT2D eigenvalue weighted by Crippen LogP contribution is 2.27. The Hall–Kier alpha value is -3.92. The monoisotopic (exact) mass is 483 g/mol. The van der Waals surface area contributed by atoms with E-state index in [0.717, 1.165) is 23.4 Å². The molecule has 34 heavy (non-hydrogen) atoms. The smallest absolute Gasteiger partial charge is 0.293 e. The molecular formula is C24H25N3O6S. The molecule has 0 atom stereocenters. The fourth-order valence-electron chi connectivity index (χ4n) is 3.21. The third-order valence-electron chi connectivity index (χ3n) is 4.90. The second-order valence-electron chi connectivity index (χ2n) is 7.70. The average Bonchev–Trinajstić information content (AvgIpc) is 2.80. The first-order chi connectivity index (χ1) is 16.1. The molecule has 178 valence electrons. The van der Waals surface area contributed by atoms with Crippen molar-refractivity contribution in [2.24, 2.45) is 0 Å². The van der Waals surface area contributed by atoms with E-state index in [4.69, 9.17) is 4.74 Å². The molecule has 0 radical (unpaired) electrons. The fraction of sp³-hybridized carbons (Fsp3) is 0.208. The molecule has 2 N–H and O–H groups in total. The summed E-state index contributed by atoms with van der Waals surface area (Å²) in [6, 6.07) is 18.4. The van der Waals surface area contributed by atoms with E-state index < -0.39 is 14.8 Å². The van der Waals surface area contributed by atoms with Crippen molar-refractivity contribution in [3.63, 3.8) is 0 Å². The lowest BCUT2D eigenvalue weighted by molar-refractivity contribution is -0.384. The third kappa shape index (κ3) is 6.79. The van der Waals surface area contributed by atoms with Gasteiger partial charge in [0.05, 0.1) is 9.82 Å². The standard InChI is InChI=1S/C24H25N3O6S/c1-17-5-3-6-18(13-17)16-33-20-8-4-7-19(14-20)24(28)26-12-11-25-22-10-9-21(34(2,31)32)15-23(22)27(29)30/h3-10,13-15,25H,11-12,16H2,1-2H3,(H,26,28). The summed E-state index contributed by atoms with van der Waals surface area (Å²) in [7, 11) is -3.57. The largest absolute Gasteiger partial charge is 0.489 e. The van der Waals surface area contributed by atoms with E-state index in [1.54, 1.807) is 24.3 Å². The van der Waals surface area contributed by atoms with Gasteiger partial charge in [-0.3, -0.25) is 14.9 Å². The summed E-state index contributed by atoms with van der Waals surface area (Å²) in [6.45, 7) is 2.78. The van der Waals surface area contributed by atoms with Gasteiger partial charge >= 0.3 is 0 Å². The third-order valence-corrected chi connectivity index (χ3v) is 6.01. The van der Waals surface area contributed by atoms with Crippen LogP contribution in [0.4, 0.5) is 11.4 Å². The van der Waals surface area contributed by atoms with Gasteiger partial charge in [0.25, 0.3) is 11.6 Å². The maximum Gasteiger partial charge on any atom is 0.293 e. The van der Waals surface area contributed by atoms with Gasteiger partial charge < -0.3 is 15.4 Å². The van der Waals surface area contributed by atoms with Crippen LogP contribution in [0.5, 0.6) is 5.75 Å². The van der Waals surface area contributed by atoms with Gasteiger partial charge in [0.2, 0.25) is 0 Å². The van der Waals surface area contributed by atoms with E-state index >= 15 is 0 Å². The SMILES string of the molecule is Cc1cccc(COc2cccc(C(=O)NCCNc3ccc(S(C)(=O)=O)cc3[N+](=O)[O-])c2)c1. The number of hydrogen-bond acceptors (Lipinski definition) is 7. The molecule has 0 aliphatic carbocycles. The molecule has 1 amide bonds. The number of nitrogens with one attached hydrogen (secondary N) is 2. The maximum atomic E-state index is 12.5. The summed E-state index contributed by atoms with van der Waals surface area (Å²) in [5.41, 5.74) is 2.40. The van der Waals surface area contributed by atoms with Crippen molar-refractivity contribution in [1.82, 2.24) is 5.32 Å². The summed E-state index contributed by atoms with van der Waals surface area (Å²) in [4.78, 5) is 23.0. The molecule has 0 spiro atoms. The van der Waals surface area contributed by atoms with Crippen LogP contribution < -0.4 is 15.4 Å². The number of ether oxygens (including phenoxy) is 1. The minimum atomic E-state index is -3.57. The Kier molecular flexibility index (Phi) is 7.85. The first kappa shape index (κ1) is 24.7. The van der Waals surface area contributed by atoms with Crippen LogP contribution in [-0.4, -0.2) is 38.6 Å². The topological polar surface area (TPSA) is 128 Å². The highest BCUT2D eigenvalue weighted by Gasteiger charge is 2.18. The van der Waals surface area contributed by atoms with E-state index in [0.29, 0.717) is 17.9 Å². The van der Waals surface area contributed by atoms with Gasteiger partial charge in [-0.2, -0.15) is 0 Å². The Morgan fingerprint density at radius 3 is 2.50 bits per heavy atom. The van der Waals surface area contributed by atoms with Crippen LogP contribution in [0.1, 0.15) is 21.5 Å². The summed E-state index contributed by atoms with van der Waals surface area (Å²) in [5.74, 6) is 0.249. The van der Waals surface area contributed by atoms with E-state index in [-0.39, 0.29) is 35.3 Å². The zero-order chi connectivity index (χ0) is 24.7. The maximum absolute atomic E-state index is 12.5. The van der Waals surface area contributed by atoms with Crippen molar-refractivity contribution in [3.8, 4) is 5.75 Å². The minimum Gasteiger partial charge on any atom is -0.489 e. The molecule has 3 aromatic carbocycles. The highest BCUT2D eigenvalue weighted by molar-refractivity contribution is 7.90. The van der Waals surface area contributed by atoms with Gasteiger partial charge in [-0.05, 0) is 42.8 Å². The predicted molar refractivity (Wildman–Crippen MR) is 129 cm³/mol. The van der Waals surface area contributed by atoms with Crippen molar-refractivity contribution in [1.29, 1.82) is 0 Å². The summed E-state index contributed by atoms with van der Waals surface area (Å²) < 4.78 is 29.1. The van der Waals surface area contributed by atoms with Crippen LogP contribution in [0.15, 0.2) is 71.6 Å². The van der Waals surface area contributed by atoms with Gasteiger partial charge in [0.1, 0.15) is 18.0 Å². The van der Waals surface area contributed by atoms with Gasteiger partial charge in [-0.1, -0.05) is 35.9 Å². The van der Waals surface area contributed by atoms with E-state index in [1.807, 2.05) is 31.2 Å². The molecular weight excluding hydrogens is 458 g/mol. The molecule has 0 heterocycles. The molecule has 0 saturated carbocycles. The van der Waals surface area contributed by atoms with Crippen LogP contribution in [0.25, 0.3) is 0 Å². The van der Waals surface area contributed by atoms with Crippen molar-refractivity contribution in [2.75, 3.05) is 24.7 Å². The molecule has 0 saturated heterocycles. The number of hydrogen-bond donors (Lipinski definition) is 2. The van der Waals surface area contributed by atoms with Gasteiger partial charge in [0.15, 0.2) is 9.84 Å². The molecule has 0 bridgehead atoms. The number of benzene rings is 3. The molecule has 0 fully saturated rings. The lowest BCUT2D eigenvalue weighted by atomic mass is 10.1. The Morgan fingerprint density at radius 1 is 1.03 bits per heavy atom. The van der Waals surface area contributed by atoms with Crippen molar-refractivity contribution < 1.29 is 22.9 Å². The number of carbonyl (C=O) groups excluding carboxylic acids is 1. The highest BCUT2D eigenvalue weighted by atomic mass is 32.2. The molecule has 10 heteroatoms. The molecule has 0 aliphatic rings. The van der Waals surface area contributed by atoms with Crippen LogP contribution >= 0.6 is 0 Å². The number of sulfone groups is 1. The Bertz CT molecular complexity index is 1310. The molecule has 3 aromatic rings. The van der Waals surface area contributed by atoms with Crippen molar-refractivity contribution in [2.45, 2.75) is 18.4 Å². The van der Waals surface area contributed by atoms with Gasteiger partial charge in [0, 0.05) is 31.0 Å². The fourth-order valence-corrected chi connectivity index (χ4v) is 3.85. The zero-order valence-corrected chi connectivity index (χ0v) is 19.6. The number of amides is 1. The summed E-state index contributed by atoms with van der Waals surface area (Å²) in [6.07, 6.45) is 0.983. The van der Waals surface area contributed by atoms with Crippen LogP contribution in [0.3, 0.4) is 0 Å². The summed E-state index contributed by atoms with van der Waals surface area (Å²) in [5, 5.41) is 16.9. The van der Waals surface area contributed by atoms with E-state index in [2.05, 4.69) is 10.6 Å². The number of anilines is 1. The Morgan fingerprint density at radius 2 is 1.79 bits per heavy atom. The molecule has 9 nitrogen and oxygen atoms in total. The quantitative estimate of drug-likeness (QED) is 0.255. The number of nitro groups is 1. The van der Waals surface area contributed by atoms with E-state index in [1.165, 1.54) is 12.1 Å². The number of nitro benzene ring substituents is 1. The lowest BCUT2D eigenvalue weighted by Gasteiger charge is -2.11. The van der Waals surface area contributed by atoms with Crippen LogP contribution in [0, 0.1) is 17.0 Å². The van der Waals surface area contributed by atoms with Crippen molar-refractivity contribution in [3.05, 3.63) is 93.5 Å². The minimum absolute atomic E-state index is 0.137. The van der Waals surface area contributed by atoms with Gasteiger partial charge in [-0.15, -0.1) is 0 Å². The van der Waals surface area contributed by atoms with Crippen molar-refractivity contribution >= 4 is 27.1 Å². The second kappa shape index (κ2) is 10.8.